The summed E-state index contributed by atoms with van der Waals surface area (Å²) in [6.45, 7) is 0. The van der Waals surface area contributed by atoms with Gasteiger partial charge < -0.3 is 15.0 Å². The third kappa shape index (κ3) is 4.58. The molecular formula is C26H31N7O2. The number of carbonyl (C=O) groups is 1. The summed E-state index contributed by atoms with van der Waals surface area (Å²) < 4.78 is 10.2. The van der Waals surface area contributed by atoms with E-state index in [4.69, 9.17) is 9.84 Å². The largest absolute Gasteiger partial charge is 0.490 e. The fourth-order valence-electron chi connectivity index (χ4n) is 4.74. The second kappa shape index (κ2) is 9.40. The quantitative estimate of drug-likeness (QED) is 0.453. The van der Waals surface area contributed by atoms with Crippen molar-refractivity contribution >= 4 is 22.6 Å². The zero-order chi connectivity index (χ0) is 24.5. The number of rotatable bonds is 6. The van der Waals surface area contributed by atoms with Crippen LogP contribution in [0.4, 0.5) is 5.82 Å². The standard InChI is InChI=1S/C26H31N7O2/c1-27-24-13-23-22(15-28-24)25(18-14-29-32(4)16-18)30-33(23)19-7-11-21(12-8-19)35-20-9-5-17(6-10-20)26(34)31(2)3/h5-6,9-10,13-16,19,21H,7-8,11-12H2,1-4H3,(H,27,28)/t19-,21+. The summed E-state index contributed by atoms with van der Waals surface area (Å²) in [6.07, 6.45) is 9.71. The molecule has 1 aromatic carbocycles. The first-order valence-corrected chi connectivity index (χ1v) is 12.0. The Labute approximate surface area is 204 Å². The van der Waals surface area contributed by atoms with E-state index in [9.17, 15) is 4.79 Å². The van der Waals surface area contributed by atoms with E-state index >= 15 is 0 Å². The molecule has 1 N–H and O–H groups in total. The smallest absolute Gasteiger partial charge is 0.253 e. The van der Waals surface area contributed by atoms with E-state index in [1.165, 1.54) is 0 Å². The van der Waals surface area contributed by atoms with Gasteiger partial charge in [0.1, 0.15) is 17.3 Å². The van der Waals surface area contributed by atoms with E-state index in [0.717, 1.165) is 59.4 Å². The van der Waals surface area contributed by atoms with Gasteiger partial charge in [-0.15, -0.1) is 0 Å². The highest BCUT2D eigenvalue weighted by atomic mass is 16.5. The number of pyridine rings is 1. The van der Waals surface area contributed by atoms with E-state index in [1.54, 1.807) is 23.7 Å². The van der Waals surface area contributed by atoms with Gasteiger partial charge in [-0.05, 0) is 49.9 Å². The van der Waals surface area contributed by atoms with Gasteiger partial charge in [-0.25, -0.2) is 4.98 Å². The molecule has 1 aliphatic rings. The average Bonchev–Trinajstić information content (AvgIpc) is 3.47. The van der Waals surface area contributed by atoms with Gasteiger partial charge in [0.25, 0.3) is 5.91 Å². The van der Waals surface area contributed by atoms with Crippen molar-refractivity contribution in [1.82, 2.24) is 29.4 Å². The van der Waals surface area contributed by atoms with Crippen LogP contribution < -0.4 is 10.1 Å². The van der Waals surface area contributed by atoms with Crippen LogP contribution in [0.2, 0.25) is 0 Å². The lowest BCUT2D eigenvalue weighted by atomic mass is 9.93. The normalized spacial score (nSPS) is 17.9. The van der Waals surface area contributed by atoms with Gasteiger partial charge >= 0.3 is 0 Å². The number of carbonyl (C=O) groups excluding carboxylic acids is 1. The van der Waals surface area contributed by atoms with Crippen molar-refractivity contribution in [3.8, 4) is 17.0 Å². The molecule has 182 valence electrons. The molecule has 1 fully saturated rings. The van der Waals surface area contributed by atoms with Crippen molar-refractivity contribution in [2.45, 2.75) is 37.8 Å². The number of nitrogens with zero attached hydrogens (tertiary/aromatic N) is 6. The molecule has 0 bridgehead atoms. The van der Waals surface area contributed by atoms with Gasteiger partial charge in [0.15, 0.2) is 0 Å². The topological polar surface area (TPSA) is 90.1 Å². The Hall–Kier alpha value is -3.88. The average molecular weight is 474 g/mol. The number of ether oxygens (including phenoxy) is 1. The number of nitrogens with one attached hydrogen (secondary N) is 1. The zero-order valence-electron chi connectivity index (χ0n) is 20.6. The maximum Gasteiger partial charge on any atom is 0.253 e. The third-order valence-corrected chi connectivity index (χ3v) is 6.63. The Morgan fingerprint density at radius 2 is 1.86 bits per heavy atom. The molecule has 9 heteroatoms. The van der Waals surface area contributed by atoms with E-state index < -0.39 is 0 Å². The predicted octanol–water partition coefficient (Wildman–Crippen LogP) is 4.14. The lowest BCUT2D eigenvalue weighted by Crippen LogP contribution is -2.26. The zero-order valence-corrected chi connectivity index (χ0v) is 20.6. The Bertz CT molecular complexity index is 1330. The van der Waals surface area contributed by atoms with Crippen LogP contribution in [0, 0.1) is 0 Å². The highest BCUT2D eigenvalue weighted by molar-refractivity contribution is 5.94. The summed E-state index contributed by atoms with van der Waals surface area (Å²) in [7, 11) is 7.30. The van der Waals surface area contributed by atoms with Crippen molar-refractivity contribution in [3.63, 3.8) is 0 Å². The molecule has 0 aliphatic heterocycles. The first-order chi connectivity index (χ1) is 16.9. The number of benzene rings is 1. The Balaban J connectivity index is 1.32. The number of aromatic nitrogens is 5. The van der Waals surface area contributed by atoms with Gasteiger partial charge in [0.05, 0.1) is 23.9 Å². The van der Waals surface area contributed by atoms with Crippen LogP contribution in [-0.4, -0.2) is 62.6 Å². The fraction of sp³-hybridized carbons (Fsp3) is 0.385. The van der Waals surface area contributed by atoms with Crippen LogP contribution in [0.3, 0.4) is 0 Å². The summed E-state index contributed by atoms with van der Waals surface area (Å²) in [6, 6.07) is 9.78. The Kier molecular flexibility index (Phi) is 6.15. The van der Waals surface area contributed by atoms with Crippen LogP contribution in [0.15, 0.2) is 48.9 Å². The molecule has 1 amide bonds. The van der Waals surface area contributed by atoms with E-state index in [2.05, 4.69) is 26.1 Å². The van der Waals surface area contributed by atoms with Crippen LogP contribution >= 0.6 is 0 Å². The van der Waals surface area contributed by atoms with Crippen LogP contribution in [0.25, 0.3) is 22.2 Å². The molecule has 1 aliphatic carbocycles. The van der Waals surface area contributed by atoms with Gasteiger partial charge in [-0.2, -0.15) is 10.2 Å². The molecule has 35 heavy (non-hydrogen) atoms. The third-order valence-electron chi connectivity index (χ3n) is 6.63. The number of anilines is 1. The van der Waals surface area contributed by atoms with Crippen molar-refractivity contribution in [2.24, 2.45) is 7.05 Å². The van der Waals surface area contributed by atoms with Crippen LogP contribution in [0.1, 0.15) is 42.1 Å². The summed E-state index contributed by atoms with van der Waals surface area (Å²) in [5.41, 5.74) is 3.64. The molecule has 4 aromatic rings. The minimum atomic E-state index is -0.00853. The first kappa shape index (κ1) is 22.9. The number of amides is 1. The van der Waals surface area contributed by atoms with E-state index in [0.29, 0.717) is 5.56 Å². The van der Waals surface area contributed by atoms with Gasteiger partial charge in [-0.1, -0.05) is 0 Å². The number of hydrogen-bond acceptors (Lipinski definition) is 6. The minimum absolute atomic E-state index is 0.00853. The molecule has 0 saturated heterocycles. The minimum Gasteiger partial charge on any atom is -0.490 e. The van der Waals surface area contributed by atoms with Crippen molar-refractivity contribution < 1.29 is 9.53 Å². The first-order valence-electron chi connectivity index (χ1n) is 12.0. The van der Waals surface area contributed by atoms with Crippen LogP contribution in [-0.2, 0) is 7.05 Å². The lowest BCUT2D eigenvalue weighted by Gasteiger charge is -2.29. The molecule has 9 nitrogen and oxygen atoms in total. The van der Waals surface area contributed by atoms with Crippen molar-refractivity contribution in [2.75, 3.05) is 26.5 Å². The number of fused-ring (bicyclic) bond motifs is 1. The summed E-state index contributed by atoms with van der Waals surface area (Å²) >= 11 is 0. The number of aryl methyl sites for hydroxylation is 1. The van der Waals surface area contributed by atoms with Crippen molar-refractivity contribution in [3.05, 3.63) is 54.5 Å². The highest BCUT2D eigenvalue weighted by Gasteiger charge is 2.27. The monoisotopic (exact) mass is 473 g/mol. The fourth-order valence-corrected chi connectivity index (χ4v) is 4.74. The SMILES string of the molecule is CNc1cc2c(cn1)c(-c1cnn(C)c1)nn2[C@H]1CC[C@@H](Oc2ccc(C(=O)N(C)C)cc2)CC1. The summed E-state index contributed by atoms with van der Waals surface area (Å²) in [5, 5.41) is 13.5. The predicted molar refractivity (Wildman–Crippen MR) is 136 cm³/mol. The maximum absolute atomic E-state index is 12.1. The van der Waals surface area contributed by atoms with Crippen molar-refractivity contribution in [1.29, 1.82) is 0 Å². The van der Waals surface area contributed by atoms with E-state index in [1.807, 2.05) is 57.0 Å². The van der Waals surface area contributed by atoms with Crippen LogP contribution in [0.5, 0.6) is 5.75 Å². The molecule has 3 heterocycles. The number of hydrogen-bond donors (Lipinski definition) is 1. The lowest BCUT2D eigenvalue weighted by molar-refractivity contribution is 0.0827. The second-order valence-corrected chi connectivity index (χ2v) is 9.30. The molecular weight excluding hydrogens is 442 g/mol. The molecule has 0 radical (unpaired) electrons. The molecule has 0 atom stereocenters. The van der Waals surface area contributed by atoms with Gasteiger partial charge in [-0.3, -0.25) is 14.2 Å². The Morgan fingerprint density at radius 1 is 1.11 bits per heavy atom. The molecule has 1 saturated carbocycles. The molecule has 3 aromatic heterocycles. The Morgan fingerprint density at radius 3 is 2.49 bits per heavy atom. The highest BCUT2D eigenvalue weighted by Crippen LogP contribution is 2.36. The molecule has 5 rings (SSSR count). The molecule has 0 spiro atoms. The van der Waals surface area contributed by atoms with Gasteiger partial charge in [0, 0.05) is 63.2 Å². The maximum atomic E-state index is 12.1. The molecule has 0 unspecified atom stereocenters. The summed E-state index contributed by atoms with van der Waals surface area (Å²) in [5.74, 6) is 1.62. The van der Waals surface area contributed by atoms with E-state index in [-0.39, 0.29) is 18.1 Å². The second-order valence-electron chi connectivity index (χ2n) is 9.30. The van der Waals surface area contributed by atoms with Gasteiger partial charge in [0.2, 0.25) is 0 Å². The summed E-state index contributed by atoms with van der Waals surface area (Å²) in [4.78, 5) is 18.2.